The van der Waals surface area contributed by atoms with Gasteiger partial charge in [-0.15, -0.1) is 0 Å². The van der Waals surface area contributed by atoms with Crippen LogP contribution in [0.1, 0.15) is 222 Å². The van der Waals surface area contributed by atoms with E-state index in [1.807, 2.05) is 6.92 Å². The van der Waals surface area contributed by atoms with E-state index < -0.39 is 5.41 Å². The van der Waals surface area contributed by atoms with Crippen molar-refractivity contribution in [3.63, 3.8) is 0 Å². The molecule has 0 aromatic heterocycles. The van der Waals surface area contributed by atoms with E-state index in [0.717, 1.165) is 77.0 Å². The Balaban J connectivity index is 5.57. The number of carbonyl (C=O) groups excluding carboxylic acids is 3. The van der Waals surface area contributed by atoms with Gasteiger partial charge in [0.05, 0.1) is 5.41 Å². The van der Waals surface area contributed by atoms with Gasteiger partial charge in [-0.05, 0) is 63.2 Å². The molecule has 0 radical (unpaired) electrons. The molecule has 0 saturated heterocycles. The average molecular weight is 709 g/mol. The number of unbranched alkanes of at least 4 members (excludes halogenated alkanes) is 12. The third-order valence-electron chi connectivity index (χ3n) is 10.4. The molecule has 0 aliphatic rings. The van der Waals surface area contributed by atoms with E-state index in [9.17, 15) is 14.4 Å². The summed E-state index contributed by atoms with van der Waals surface area (Å²) < 4.78 is 17.8. The lowest BCUT2D eigenvalue weighted by Gasteiger charge is -2.29. The molecule has 0 aromatic carbocycles. The first kappa shape index (κ1) is 48.4. The summed E-state index contributed by atoms with van der Waals surface area (Å²) in [5.74, 6) is 0.383. The van der Waals surface area contributed by atoms with Crippen molar-refractivity contribution in [2.45, 2.75) is 222 Å². The molecule has 6 nitrogen and oxygen atoms in total. The van der Waals surface area contributed by atoms with E-state index in [1.165, 1.54) is 77.0 Å². The highest BCUT2D eigenvalue weighted by molar-refractivity contribution is 5.71. The summed E-state index contributed by atoms with van der Waals surface area (Å²) in [6.07, 6.45) is 28.5. The van der Waals surface area contributed by atoms with Crippen molar-refractivity contribution >= 4 is 17.9 Å². The molecule has 296 valence electrons. The Hall–Kier alpha value is -1.59. The zero-order valence-electron chi connectivity index (χ0n) is 34.4. The van der Waals surface area contributed by atoms with Gasteiger partial charge in [-0.3, -0.25) is 14.4 Å². The first-order valence-electron chi connectivity index (χ1n) is 21.6. The number of rotatable bonds is 36. The molecule has 0 rings (SSSR count). The Bertz CT molecular complexity index is 678. The van der Waals surface area contributed by atoms with Crippen molar-refractivity contribution in [2.75, 3.05) is 19.8 Å². The topological polar surface area (TPSA) is 78.9 Å². The summed E-state index contributed by atoms with van der Waals surface area (Å²) in [5.41, 5.74) is -0.805. The van der Waals surface area contributed by atoms with Crippen LogP contribution in [-0.2, 0) is 28.6 Å². The van der Waals surface area contributed by atoms with Gasteiger partial charge in [0.1, 0.15) is 19.8 Å². The van der Waals surface area contributed by atoms with Crippen LogP contribution < -0.4 is 0 Å². The molecule has 0 heterocycles. The van der Waals surface area contributed by atoms with Gasteiger partial charge in [0.25, 0.3) is 0 Å². The fraction of sp³-hybridized carbons (Fsp3) is 0.932. The van der Waals surface area contributed by atoms with E-state index in [1.54, 1.807) is 0 Å². The minimum absolute atomic E-state index is 0.0654. The van der Waals surface area contributed by atoms with Crippen LogP contribution in [0.15, 0.2) is 0 Å². The zero-order chi connectivity index (χ0) is 37.3. The molecule has 0 saturated carbocycles. The van der Waals surface area contributed by atoms with Crippen LogP contribution in [0.4, 0.5) is 0 Å². The standard InChI is InChI=1S/C44H84O6/c1-8-14-20-26-38(27-21-15-9-2)32-41(45)48-35-44(7,36-49-42(46)33-39(28-22-16-10-3)29-23-17-11-4)37-50-43(47)34-40(30-24-18-12-5)31-25-19-13-6/h38-40H,8-37H2,1-7H3. The molecule has 6 heteroatoms. The molecular formula is C44H84O6. The lowest BCUT2D eigenvalue weighted by atomic mass is 9.91. The Kier molecular flexibility index (Phi) is 32.2. The molecule has 50 heavy (non-hydrogen) atoms. The highest BCUT2D eigenvalue weighted by Gasteiger charge is 2.32. The lowest BCUT2D eigenvalue weighted by molar-refractivity contribution is -0.161. The van der Waals surface area contributed by atoms with Crippen LogP contribution in [0, 0.1) is 23.2 Å². The Morgan fingerprint density at radius 2 is 0.580 bits per heavy atom. The van der Waals surface area contributed by atoms with Gasteiger partial charge < -0.3 is 14.2 Å². The first-order valence-corrected chi connectivity index (χ1v) is 21.6. The van der Waals surface area contributed by atoms with Gasteiger partial charge in [-0.25, -0.2) is 0 Å². The monoisotopic (exact) mass is 709 g/mol. The van der Waals surface area contributed by atoms with Crippen LogP contribution in [0.5, 0.6) is 0 Å². The highest BCUT2D eigenvalue weighted by Crippen LogP contribution is 2.27. The summed E-state index contributed by atoms with van der Waals surface area (Å²) in [4.78, 5) is 39.6. The van der Waals surface area contributed by atoms with Crippen molar-refractivity contribution in [1.82, 2.24) is 0 Å². The number of ether oxygens (including phenoxy) is 3. The average Bonchev–Trinajstić information content (AvgIpc) is 3.09. The van der Waals surface area contributed by atoms with Gasteiger partial charge in [0.2, 0.25) is 0 Å². The Morgan fingerprint density at radius 3 is 0.760 bits per heavy atom. The smallest absolute Gasteiger partial charge is 0.306 e. The molecule has 0 aliphatic heterocycles. The number of hydrogen-bond acceptors (Lipinski definition) is 6. The van der Waals surface area contributed by atoms with Gasteiger partial charge >= 0.3 is 17.9 Å². The summed E-state index contributed by atoms with van der Waals surface area (Å²) in [6.45, 7) is 15.4. The van der Waals surface area contributed by atoms with Gasteiger partial charge in [-0.1, -0.05) is 157 Å². The predicted molar refractivity (Wildman–Crippen MR) is 210 cm³/mol. The molecule has 0 fully saturated rings. The van der Waals surface area contributed by atoms with Crippen LogP contribution in [0.25, 0.3) is 0 Å². The molecule has 0 N–H and O–H groups in total. The van der Waals surface area contributed by atoms with Crippen LogP contribution in [0.3, 0.4) is 0 Å². The minimum Gasteiger partial charge on any atom is -0.465 e. The number of hydrogen-bond donors (Lipinski definition) is 0. The quantitative estimate of drug-likeness (QED) is 0.0366. The summed E-state index contributed by atoms with van der Waals surface area (Å²) in [7, 11) is 0. The van der Waals surface area contributed by atoms with Crippen LogP contribution >= 0.6 is 0 Å². The second kappa shape index (κ2) is 33.3. The number of carbonyl (C=O) groups is 3. The maximum atomic E-state index is 13.2. The summed E-state index contributed by atoms with van der Waals surface area (Å²) in [6, 6.07) is 0. The number of esters is 3. The molecular weight excluding hydrogens is 624 g/mol. The summed E-state index contributed by atoms with van der Waals surface area (Å²) >= 11 is 0. The van der Waals surface area contributed by atoms with Crippen molar-refractivity contribution in [1.29, 1.82) is 0 Å². The second-order valence-corrected chi connectivity index (χ2v) is 16.0. The molecule has 0 aromatic rings. The molecule has 0 atom stereocenters. The van der Waals surface area contributed by atoms with Crippen LogP contribution in [-0.4, -0.2) is 37.7 Å². The molecule has 0 amide bonds. The maximum absolute atomic E-state index is 13.2. The predicted octanol–water partition coefficient (Wildman–Crippen LogP) is 13.1. The van der Waals surface area contributed by atoms with E-state index >= 15 is 0 Å². The molecule has 0 bridgehead atoms. The van der Waals surface area contributed by atoms with Crippen molar-refractivity contribution in [2.24, 2.45) is 23.2 Å². The van der Waals surface area contributed by atoms with Crippen molar-refractivity contribution < 1.29 is 28.6 Å². The van der Waals surface area contributed by atoms with Crippen molar-refractivity contribution in [3.05, 3.63) is 0 Å². The fourth-order valence-corrected chi connectivity index (χ4v) is 6.92. The third kappa shape index (κ3) is 28.1. The van der Waals surface area contributed by atoms with E-state index in [4.69, 9.17) is 14.2 Å². The minimum atomic E-state index is -0.805. The first-order chi connectivity index (χ1) is 24.2. The largest absolute Gasteiger partial charge is 0.465 e. The van der Waals surface area contributed by atoms with E-state index in [-0.39, 0.29) is 37.7 Å². The SMILES string of the molecule is CCCCCC(CCCCC)CC(=O)OCC(C)(COC(=O)CC(CCCCC)CCCCC)COC(=O)CC(CCCCC)CCCCC. The van der Waals surface area contributed by atoms with Crippen molar-refractivity contribution in [3.8, 4) is 0 Å². The molecule has 0 aliphatic carbocycles. The lowest BCUT2D eigenvalue weighted by Crippen LogP contribution is -2.37. The van der Waals surface area contributed by atoms with Gasteiger partial charge in [0, 0.05) is 19.3 Å². The van der Waals surface area contributed by atoms with Gasteiger partial charge in [0.15, 0.2) is 0 Å². The second-order valence-electron chi connectivity index (χ2n) is 16.0. The maximum Gasteiger partial charge on any atom is 0.306 e. The van der Waals surface area contributed by atoms with Crippen LogP contribution in [0.2, 0.25) is 0 Å². The molecule has 0 spiro atoms. The fourth-order valence-electron chi connectivity index (χ4n) is 6.92. The Morgan fingerprint density at radius 1 is 0.380 bits per heavy atom. The third-order valence-corrected chi connectivity index (χ3v) is 10.4. The van der Waals surface area contributed by atoms with Gasteiger partial charge in [-0.2, -0.15) is 0 Å². The highest BCUT2D eigenvalue weighted by atomic mass is 16.6. The van der Waals surface area contributed by atoms with E-state index in [2.05, 4.69) is 41.5 Å². The molecule has 0 unspecified atom stereocenters. The summed E-state index contributed by atoms with van der Waals surface area (Å²) in [5, 5.41) is 0. The normalized spacial score (nSPS) is 11.9. The van der Waals surface area contributed by atoms with E-state index in [0.29, 0.717) is 37.0 Å². The zero-order valence-corrected chi connectivity index (χ0v) is 34.4. The Labute approximate surface area is 310 Å².